The number of rotatable bonds is 6. The van der Waals surface area contributed by atoms with Crippen LogP contribution in [0.4, 0.5) is 22.4 Å². The Morgan fingerprint density at radius 1 is 1.04 bits per heavy atom. The van der Waals surface area contributed by atoms with Gasteiger partial charge in [0.25, 0.3) is 5.91 Å². The van der Waals surface area contributed by atoms with E-state index in [0.29, 0.717) is 12.3 Å². The molecule has 2 fully saturated rings. The lowest BCUT2D eigenvalue weighted by molar-refractivity contribution is -0.138. The van der Waals surface area contributed by atoms with E-state index in [0.717, 1.165) is 61.0 Å². The van der Waals surface area contributed by atoms with Crippen molar-refractivity contribution in [2.24, 2.45) is 5.92 Å². The SMILES string of the molecule is CC1CN(C(=O)c2cn3nc(-c4ccc(F)cc4)cc(C(F)(F)F)c3n2)CCN1C(=O)C(CC1CCCCC1)NC(=O)OC(C)(C)C. The summed E-state index contributed by atoms with van der Waals surface area (Å²) in [6, 6.07) is 4.46. The van der Waals surface area contributed by atoms with Crippen LogP contribution < -0.4 is 5.32 Å². The number of alkyl carbamates (subject to hydrolysis) is 1. The number of carbonyl (C=O) groups excluding carboxylic acids is 3. The van der Waals surface area contributed by atoms with Crippen LogP contribution in [-0.4, -0.2) is 79.6 Å². The molecule has 3 aromatic rings. The Labute approximate surface area is 270 Å². The number of nitrogens with zero attached hydrogens (tertiary/aromatic N) is 5. The van der Waals surface area contributed by atoms with Crippen LogP contribution in [-0.2, 0) is 15.7 Å². The maximum Gasteiger partial charge on any atom is 0.420 e. The van der Waals surface area contributed by atoms with Crippen molar-refractivity contribution < 1.29 is 36.7 Å². The minimum atomic E-state index is -4.80. The summed E-state index contributed by atoms with van der Waals surface area (Å²) in [7, 11) is 0. The highest BCUT2D eigenvalue weighted by molar-refractivity contribution is 5.93. The number of hydrogen-bond donors (Lipinski definition) is 1. The standard InChI is InChI=1S/C33H40F4N6O4/c1-20-18-41(14-15-42(20)30(45)26(16-21-8-6-5-7-9-21)39-31(46)47-32(2,3)4)29(44)27-19-43-28(38-27)24(33(35,36)37)17-25(40-43)22-10-12-23(34)13-11-22/h10-13,17,19-21,26H,5-9,14-16,18H2,1-4H3,(H,39,46). The van der Waals surface area contributed by atoms with Gasteiger partial charge in [-0.05, 0) is 70.4 Å². The van der Waals surface area contributed by atoms with Crippen molar-refractivity contribution in [3.63, 3.8) is 0 Å². The first-order valence-electron chi connectivity index (χ1n) is 15.9. The van der Waals surface area contributed by atoms with Crippen LogP contribution in [0.3, 0.4) is 0 Å². The van der Waals surface area contributed by atoms with Crippen molar-refractivity contribution in [3.8, 4) is 11.3 Å². The van der Waals surface area contributed by atoms with E-state index in [2.05, 4.69) is 15.4 Å². The van der Waals surface area contributed by atoms with E-state index in [-0.39, 0.29) is 42.5 Å². The van der Waals surface area contributed by atoms with E-state index in [1.807, 2.05) is 0 Å². The number of imidazole rings is 1. The highest BCUT2D eigenvalue weighted by Gasteiger charge is 2.38. The molecule has 0 bridgehead atoms. The number of fused-ring (bicyclic) bond motifs is 1. The van der Waals surface area contributed by atoms with Crippen molar-refractivity contribution >= 4 is 23.6 Å². The second-order valence-corrected chi connectivity index (χ2v) is 13.4. The molecular formula is C33H40F4N6O4. The first-order chi connectivity index (χ1) is 22.1. The van der Waals surface area contributed by atoms with Gasteiger partial charge in [-0.2, -0.15) is 18.3 Å². The van der Waals surface area contributed by atoms with Crippen LogP contribution >= 0.6 is 0 Å². The van der Waals surface area contributed by atoms with Crippen LogP contribution in [0.5, 0.6) is 0 Å². The molecule has 2 unspecified atom stereocenters. The number of ether oxygens (including phenoxy) is 1. The summed E-state index contributed by atoms with van der Waals surface area (Å²) in [5.41, 5.74) is -2.39. The number of carbonyl (C=O) groups is 3. The second kappa shape index (κ2) is 13.5. The largest absolute Gasteiger partial charge is 0.444 e. The van der Waals surface area contributed by atoms with E-state index in [9.17, 15) is 31.9 Å². The molecule has 5 rings (SSSR count). The van der Waals surface area contributed by atoms with Gasteiger partial charge in [0.1, 0.15) is 28.7 Å². The number of aromatic nitrogens is 3. The Kier molecular flexibility index (Phi) is 9.78. The van der Waals surface area contributed by atoms with Crippen molar-refractivity contribution in [2.75, 3.05) is 19.6 Å². The first-order valence-corrected chi connectivity index (χ1v) is 15.9. The summed E-state index contributed by atoms with van der Waals surface area (Å²) < 4.78 is 62.0. The molecule has 0 spiro atoms. The van der Waals surface area contributed by atoms with Crippen molar-refractivity contribution in [3.05, 3.63) is 53.6 Å². The average molecular weight is 661 g/mol. The molecule has 14 heteroatoms. The molecule has 3 heterocycles. The summed E-state index contributed by atoms with van der Waals surface area (Å²) in [4.78, 5) is 47.2. The minimum absolute atomic E-state index is 0.0651. The Hall–Kier alpha value is -4.23. The molecule has 1 saturated carbocycles. The molecule has 2 aromatic heterocycles. The van der Waals surface area contributed by atoms with Crippen LogP contribution in [0.1, 0.15) is 82.3 Å². The van der Waals surface area contributed by atoms with Crippen molar-refractivity contribution in [1.29, 1.82) is 0 Å². The van der Waals surface area contributed by atoms with Crippen LogP contribution in [0, 0.1) is 11.7 Å². The number of amides is 3. The smallest absolute Gasteiger partial charge is 0.420 e. The second-order valence-electron chi connectivity index (χ2n) is 13.4. The maximum atomic E-state index is 14.1. The lowest BCUT2D eigenvalue weighted by Crippen LogP contribution is -2.60. The fourth-order valence-corrected chi connectivity index (χ4v) is 6.31. The third-order valence-corrected chi connectivity index (χ3v) is 8.57. The maximum absolute atomic E-state index is 14.1. The van der Waals surface area contributed by atoms with Gasteiger partial charge in [-0.3, -0.25) is 9.59 Å². The molecule has 47 heavy (non-hydrogen) atoms. The Morgan fingerprint density at radius 3 is 2.34 bits per heavy atom. The Morgan fingerprint density at radius 2 is 1.72 bits per heavy atom. The summed E-state index contributed by atoms with van der Waals surface area (Å²) in [6.45, 7) is 7.41. The Bertz CT molecular complexity index is 1610. The fraction of sp³-hybridized carbons (Fsp3) is 0.545. The predicted molar refractivity (Wildman–Crippen MR) is 165 cm³/mol. The molecule has 10 nitrogen and oxygen atoms in total. The zero-order valence-corrected chi connectivity index (χ0v) is 26.9. The number of hydrogen-bond acceptors (Lipinski definition) is 6. The van der Waals surface area contributed by atoms with Crippen molar-refractivity contribution in [1.82, 2.24) is 29.7 Å². The number of benzene rings is 1. The summed E-state index contributed by atoms with van der Waals surface area (Å²) >= 11 is 0. The predicted octanol–water partition coefficient (Wildman–Crippen LogP) is 6.09. The lowest BCUT2D eigenvalue weighted by Gasteiger charge is -2.41. The quantitative estimate of drug-likeness (QED) is 0.321. The molecule has 2 aliphatic rings. The van der Waals surface area contributed by atoms with Crippen molar-refractivity contribution in [2.45, 2.75) is 90.1 Å². The zero-order chi connectivity index (χ0) is 34.1. The summed E-state index contributed by atoms with van der Waals surface area (Å²) in [5, 5.41) is 7.01. The molecule has 1 aromatic carbocycles. The molecule has 1 saturated heterocycles. The summed E-state index contributed by atoms with van der Waals surface area (Å²) in [6.07, 6.45) is 1.42. The molecule has 254 valence electrons. The van der Waals surface area contributed by atoms with E-state index >= 15 is 0 Å². The monoisotopic (exact) mass is 660 g/mol. The molecular weight excluding hydrogens is 620 g/mol. The molecule has 0 radical (unpaired) electrons. The van der Waals surface area contributed by atoms with Gasteiger partial charge < -0.3 is 19.9 Å². The highest BCUT2D eigenvalue weighted by Crippen LogP contribution is 2.35. The summed E-state index contributed by atoms with van der Waals surface area (Å²) in [5.74, 6) is -1.12. The highest BCUT2D eigenvalue weighted by atomic mass is 19.4. The topological polar surface area (TPSA) is 109 Å². The van der Waals surface area contributed by atoms with E-state index in [4.69, 9.17) is 4.74 Å². The van der Waals surface area contributed by atoms with Gasteiger partial charge in [-0.25, -0.2) is 18.7 Å². The minimum Gasteiger partial charge on any atom is -0.444 e. The molecule has 1 aliphatic carbocycles. The number of halogens is 4. The van der Waals surface area contributed by atoms with Gasteiger partial charge in [-0.15, -0.1) is 0 Å². The number of nitrogens with one attached hydrogen (secondary N) is 1. The number of alkyl halides is 3. The van der Waals surface area contributed by atoms with Gasteiger partial charge in [0.05, 0.1) is 11.9 Å². The zero-order valence-electron chi connectivity index (χ0n) is 26.9. The third kappa shape index (κ3) is 8.20. The van der Waals surface area contributed by atoms with Gasteiger partial charge in [0.15, 0.2) is 5.65 Å². The van der Waals surface area contributed by atoms with Crippen LogP contribution in [0.25, 0.3) is 16.9 Å². The van der Waals surface area contributed by atoms with Gasteiger partial charge in [0, 0.05) is 31.2 Å². The van der Waals surface area contributed by atoms with E-state index in [1.54, 1.807) is 32.6 Å². The fourth-order valence-electron chi connectivity index (χ4n) is 6.31. The van der Waals surface area contributed by atoms with Gasteiger partial charge in [0.2, 0.25) is 5.91 Å². The van der Waals surface area contributed by atoms with Crippen LogP contribution in [0.15, 0.2) is 36.5 Å². The van der Waals surface area contributed by atoms with Gasteiger partial charge >= 0.3 is 12.3 Å². The number of piperazine rings is 1. The van der Waals surface area contributed by atoms with Crippen LogP contribution in [0.2, 0.25) is 0 Å². The first kappa shape index (κ1) is 34.1. The third-order valence-electron chi connectivity index (χ3n) is 8.57. The molecule has 1 N–H and O–H groups in total. The lowest BCUT2D eigenvalue weighted by atomic mass is 9.84. The molecule has 1 aliphatic heterocycles. The Balaban J connectivity index is 1.33. The normalized spacial score (nSPS) is 18.7. The average Bonchev–Trinajstić information content (AvgIpc) is 3.43. The van der Waals surface area contributed by atoms with E-state index in [1.165, 1.54) is 17.0 Å². The molecule has 2 atom stereocenters. The molecule has 3 amide bonds. The van der Waals surface area contributed by atoms with E-state index < -0.39 is 52.9 Å². The van der Waals surface area contributed by atoms with Gasteiger partial charge in [-0.1, -0.05) is 32.1 Å².